The quantitative estimate of drug-likeness (QED) is 0.444. The fourth-order valence-electron chi connectivity index (χ4n) is 3.53. The molecule has 0 spiro atoms. The van der Waals surface area contributed by atoms with Gasteiger partial charge in [-0.25, -0.2) is 0 Å². The predicted octanol–water partition coefficient (Wildman–Crippen LogP) is 4.79. The van der Waals surface area contributed by atoms with Crippen LogP contribution in [0, 0.1) is 0 Å². The van der Waals surface area contributed by atoms with E-state index in [0.717, 1.165) is 0 Å². The van der Waals surface area contributed by atoms with Crippen molar-refractivity contribution >= 4 is 34.1 Å². The summed E-state index contributed by atoms with van der Waals surface area (Å²) in [5.41, 5.74) is 1.48. The van der Waals surface area contributed by atoms with Gasteiger partial charge in [0, 0.05) is 0 Å². The van der Waals surface area contributed by atoms with Gasteiger partial charge >= 0.3 is 154 Å². The molecule has 4 aromatic carbocycles. The summed E-state index contributed by atoms with van der Waals surface area (Å²) >= 11 is -1.46. The molecule has 0 aliphatic carbocycles. The Morgan fingerprint density at radius 1 is 0.560 bits per heavy atom. The Morgan fingerprint density at radius 3 is 1.72 bits per heavy atom. The van der Waals surface area contributed by atoms with Gasteiger partial charge in [-0.2, -0.15) is 0 Å². The van der Waals surface area contributed by atoms with E-state index in [4.69, 9.17) is 0 Å². The number of fused-ring (bicyclic) bond motifs is 1. The summed E-state index contributed by atoms with van der Waals surface area (Å²) in [5, 5.41) is 2.73. The van der Waals surface area contributed by atoms with Crippen molar-refractivity contribution in [1.82, 2.24) is 0 Å². The minimum atomic E-state index is -1.46. The number of benzene rings is 4. The number of rotatable bonds is 4. The summed E-state index contributed by atoms with van der Waals surface area (Å²) in [7, 11) is 0. The Labute approximate surface area is 154 Å². The monoisotopic (exact) mass is 384 g/mol. The second-order valence-electron chi connectivity index (χ2n) is 6.29. The Kier molecular flexibility index (Phi) is 4.72. The normalized spacial score (nSPS) is 12.4. The fraction of sp³-hybridized carbons (Fsp3) is 0.0833. The van der Waals surface area contributed by atoms with Gasteiger partial charge in [0.2, 0.25) is 0 Å². The van der Waals surface area contributed by atoms with Crippen molar-refractivity contribution in [2.45, 2.75) is 11.6 Å². The molecule has 0 N–H and O–H groups in total. The van der Waals surface area contributed by atoms with Crippen LogP contribution in [0.3, 0.4) is 0 Å². The third kappa shape index (κ3) is 3.28. The van der Waals surface area contributed by atoms with Crippen LogP contribution in [-0.2, 0) is 0 Å². The van der Waals surface area contributed by atoms with Gasteiger partial charge in [-0.1, -0.05) is 0 Å². The van der Waals surface area contributed by atoms with Gasteiger partial charge in [0.15, 0.2) is 0 Å². The van der Waals surface area contributed by atoms with Gasteiger partial charge in [-0.05, 0) is 0 Å². The zero-order valence-corrected chi connectivity index (χ0v) is 16.2. The zero-order chi connectivity index (χ0) is 17.1. The first-order valence-corrected chi connectivity index (χ1v) is 11.7. The number of hydrogen-bond donors (Lipinski definition) is 0. The van der Waals surface area contributed by atoms with Crippen LogP contribution < -0.4 is 8.70 Å². The van der Waals surface area contributed by atoms with E-state index in [2.05, 4.69) is 110 Å². The van der Waals surface area contributed by atoms with E-state index in [1.165, 1.54) is 25.0 Å². The third-order valence-corrected chi connectivity index (χ3v) is 10.5. The summed E-state index contributed by atoms with van der Waals surface area (Å²) in [5.74, 6) is 0. The summed E-state index contributed by atoms with van der Waals surface area (Å²) < 4.78 is 3.56. The average molecular weight is 384 g/mol. The Morgan fingerprint density at radius 2 is 1.08 bits per heavy atom. The van der Waals surface area contributed by atoms with Gasteiger partial charge < -0.3 is 0 Å². The molecule has 122 valence electrons. The molecule has 0 aromatic heterocycles. The molecule has 1 heteroatoms. The van der Waals surface area contributed by atoms with E-state index >= 15 is 0 Å². The maximum absolute atomic E-state index is 2.42. The van der Waals surface area contributed by atoms with Crippen LogP contribution in [0.1, 0.15) is 17.2 Å². The molecule has 0 aliphatic rings. The Hall–Kier alpha value is -2.30. The van der Waals surface area contributed by atoms with Crippen LogP contribution in [0.5, 0.6) is 0 Å². The van der Waals surface area contributed by atoms with Crippen LogP contribution >= 0.6 is 0 Å². The minimum absolute atomic E-state index is 0.531. The van der Waals surface area contributed by atoms with Crippen LogP contribution in [0.15, 0.2) is 103 Å². The molecule has 25 heavy (non-hydrogen) atoms. The Balaban J connectivity index is 1.87. The average Bonchev–Trinajstić information content (AvgIpc) is 2.69. The van der Waals surface area contributed by atoms with Crippen molar-refractivity contribution < 1.29 is 0 Å². The van der Waals surface area contributed by atoms with Gasteiger partial charge in [0.25, 0.3) is 0 Å². The molecule has 0 radical (unpaired) electrons. The van der Waals surface area contributed by atoms with Crippen LogP contribution in [-0.4, -0.2) is 14.7 Å². The molecular formula is C24H21As. The third-order valence-electron chi connectivity index (χ3n) is 4.73. The molecule has 0 heterocycles. The molecule has 0 saturated heterocycles. The second-order valence-corrected chi connectivity index (χ2v) is 11.6. The summed E-state index contributed by atoms with van der Waals surface area (Å²) in [4.78, 5) is 0. The van der Waals surface area contributed by atoms with Crippen molar-refractivity contribution in [2.24, 2.45) is 0 Å². The van der Waals surface area contributed by atoms with Gasteiger partial charge in [-0.3, -0.25) is 0 Å². The maximum atomic E-state index is 2.42. The molecule has 0 unspecified atom stereocenters. The Bertz CT molecular complexity index is 916. The molecule has 0 saturated carbocycles. The summed E-state index contributed by atoms with van der Waals surface area (Å²) in [6.07, 6.45) is 0. The van der Waals surface area contributed by atoms with E-state index in [1.807, 2.05) is 0 Å². The molecule has 0 nitrogen and oxygen atoms in total. The first-order chi connectivity index (χ1) is 12.3. The van der Waals surface area contributed by atoms with Gasteiger partial charge in [-0.15, -0.1) is 0 Å². The van der Waals surface area contributed by atoms with E-state index < -0.39 is 14.7 Å². The predicted molar refractivity (Wildman–Crippen MR) is 110 cm³/mol. The summed E-state index contributed by atoms with van der Waals surface area (Å²) in [6, 6.07) is 37.7. The first-order valence-electron chi connectivity index (χ1n) is 8.71. The van der Waals surface area contributed by atoms with Crippen LogP contribution in [0.25, 0.3) is 10.8 Å². The van der Waals surface area contributed by atoms with E-state index in [0.29, 0.717) is 4.71 Å². The van der Waals surface area contributed by atoms with Crippen molar-refractivity contribution in [3.63, 3.8) is 0 Å². The SMILES string of the molecule is C[C@@H](c1cccc2ccccc12)[As](c1ccccc1)c1ccccc1. The van der Waals surface area contributed by atoms with Crippen molar-refractivity contribution in [2.75, 3.05) is 0 Å². The number of hydrogen-bond acceptors (Lipinski definition) is 0. The van der Waals surface area contributed by atoms with Crippen LogP contribution in [0.4, 0.5) is 0 Å². The van der Waals surface area contributed by atoms with Crippen molar-refractivity contribution in [3.8, 4) is 0 Å². The topological polar surface area (TPSA) is 0 Å². The van der Waals surface area contributed by atoms with E-state index in [9.17, 15) is 0 Å². The molecule has 4 rings (SSSR count). The molecule has 0 bridgehead atoms. The fourth-order valence-corrected chi connectivity index (χ4v) is 9.16. The zero-order valence-electron chi connectivity index (χ0n) is 14.3. The standard InChI is InChI=1S/C24H21As/c1-19(23-18-10-12-20-11-8-9-17-24(20)23)25(21-13-4-2-5-14-21)22-15-6-3-7-16-22/h2-19H,1H3/t19-/m0/s1. The van der Waals surface area contributed by atoms with Gasteiger partial charge in [0.05, 0.1) is 0 Å². The molecule has 0 amide bonds. The second kappa shape index (κ2) is 7.29. The molecule has 1 atom stereocenters. The molecule has 0 aliphatic heterocycles. The molecule has 0 fully saturated rings. The van der Waals surface area contributed by atoms with E-state index in [-0.39, 0.29) is 0 Å². The molecule has 4 aromatic rings. The van der Waals surface area contributed by atoms with Crippen molar-refractivity contribution in [3.05, 3.63) is 109 Å². The van der Waals surface area contributed by atoms with Gasteiger partial charge in [0.1, 0.15) is 0 Å². The van der Waals surface area contributed by atoms with Crippen LogP contribution in [0.2, 0.25) is 0 Å². The first kappa shape index (κ1) is 16.2. The molecular weight excluding hydrogens is 363 g/mol. The van der Waals surface area contributed by atoms with E-state index in [1.54, 1.807) is 0 Å². The summed E-state index contributed by atoms with van der Waals surface area (Å²) in [6.45, 7) is 2.42. The van der Waals surface area contributed by atoms with Crippen molar-refractivity contribution in [1.29, 1.82) is 0 Å².